The largest absolute Gasteiger partial charge is 0.496 e. The molecule has 0 saturated heterocycles. The van der Waals surface area contributed by atoms with Gasteiger partial charge in [-0.05, 0) is 61.7 Å². The second-order valence-corrected chi connectivity index (χ2v) is 11.3. The lowest BCUT2D eigenvalue weighted by molar-refractivity contribution is -0.277. The number of nitrogens with zero attached hydrogens (tertiary/aromatic N) is 4. The first-order valence-electron chi connectivity index (χ1n) is 15.4. The zero-order valence-corrected chi connectivity index (χ0v) is 26.0. The van der Waals surface area contributed by atoms with Crippen LogP contribution in [0.2, 0.25) is 0 Å². The van der Waals surface area contributed by atoms with Crippen LogP contribution in [0.3, 0.4) is 0 Å². The van der Waals surface area contributed by atoms with Crippen LogP contribution in [0.25, 0.3) is 45.0 Å². The first kappa shape index (κ1) is 30.0. The Morgan fingerprint density at radius 3 is 2.76 bits per heavy atom. The van der Waals surface area contributed by atoms with E-state index in [1.54, 1.807) is 20.4 Å². The van der Waals surface area contributed by atoms with Gasteiger partial charge in [0.05, 0.1) is 44.8 Å². The Hall–Kier alpha value is -5.01. The van der Waals surface area contributed by atoms with Crippen molar-refractivity contribution in [3.05, 3.63) is 66.8 Å². The summed E-state index contributed by atoms with van der Waals surface area (Å²) in [5.74, 6) is 1.96. The molecule has 10 nitrogen and oxygen atoms in total. The minimum atomic E-state index is 0.0701. The smallest absolute Gasteiger partial charge is 0.389 e. The summed E-state index contributed by atoms with van der Waals surface area (Å²) in [6.07, 6.45) is 14.4. The van der Waals surface area contributed by atoms with Crippen LogP contribution in [0.4, 0.5) is 5.82 Å². The van der Waals surface area contributed by atoms with E-state index in [9.17, 15) is 4.79 Å². The second-order valence-electron chi connectivity index (χ2n) is 11.3. The zero-order valence-electron chi connectivity index (χ0n) is 26.0. The van der Waals surface area contributed by atoms with Gasteiger partial charge in [0.15, 0.2) is 11.5 Å². The molecule has 1 aliphatic carbocycles. The van der Waals surface area contributed by atoms with E-state index in [4.69, 9.17) is 19.9 Å². The molecule has 232 valence electrons. The number of nitrogens with one attached hydrogen (secondary N) is 1. The van der Waals surface area contributed by atoms with E-state index in [-0.39, 0.29) is 5.91 Å². The van der Waals surface area contributed by atoms with Crippen molar-refractivity contribution in [3.63, 3.8) is 0 Å². The maximum absolute atomic E-state index is 12.1. The van der Waals surface area contributed by atoms with Gasteiger partial charge in [-0.15, -0.1) is 9.38 Å². The fourth-order valence-corrected chi connectivity index (χ4v) is 6.12. The molecule has 1 amide bonds. The third-order valence-electron chi connectivity index (χ3n) is 8.48. The molecule has 6 rings (SSSR count). The fourth-order valence-electron chi connectivity index (χ4n) is 6.12. The van der Waals surface area contributed by atoms with Gasteiger partial charge in [-0.3, -0.25) is 4.79 Å². The van der Waals surface area contributed by atoms with Gasteiger partial charge in [-0.25, -0.2) is 4.98 Å². The molecule has 5 aromatic rings. The number of aryl methyl sites for hydroxylation is 1. The average molecular weight is 608 g/mol. The number of benzene rings is 2. The predicted octanol–water partition coefficient (Wildman–Crippen LogP) is 5.03. The molecule has 3 N–H and O–H groups in total. The summed E-state index contributed by atoms with van der Waals surface area (Å²) >= 11 is 0. The number of methoxy groups -OCH3 is 2. The summed E-state index contributed by atoms with van der Waals surface area (Å²) in [5, 5.41) is 4.12. The Labute approximate surface area is 262 Å². The van der Waals surface area contributed by atoms with E-state index in [1.165, 1.54) is 12.8 Å². The maximum Gasteiger partial charge on any atom is 0.389 e. The van der Waals surface area contributed by atoms with E-state index < -0.39 is 0 Å². The van der Waals surface area contributed by atoms with Crippen molar-refractivity contribution < 1.29 is 24.0 Å². The Morgan fingerprint density at radius 1 is 1.13 bits per heavy atom. The number of nitrogens with two attached hydrogens (primary N) is 1. The molecule has 0 spiro atoms. The highest BCUT2D eigenvalue weighted by Crippen LogP contribution is 2.39. The van der Waals surface area contributed by atoms with E-state index in [2.05, 4.69) is 38.3 Å². The first-order valence-corrected chi connectivity index (χ1v) is 15.4. The van der Waals surface area contributed by atoms with Gasteiger partial charge in [-0.1, -0.05) is 25.0 Å². The predicted molar refractivity (Wildman–Crippen MR) is 174 cm³/mol. The minimum Gasteiger partial charge on any atom is -0.496 e. The number of anilines is 1. The highest BCUT2D eigenvalue weighted by molar-refractivity contribution is 5.93. The van der Waals surface area contributed by atoms with Crippen LogP contribution in [0.5, 0.6) is 11.5 Å². The SMILES string of the molecule is COc1cc(-c2[n+]#cn3c(/C=C/CCOCCC(=O)NC4CCCC4)cnc(N)c23)ccc1-c1cc2c(OC)cccc2n1C. The Balaban J connectivity index is 1.16. The molecular formula is C35H39N6O4+. The zero-order chi connectivity index (χ0) is 31.3. The van der Waals surface area contributed by atoms with E-state index in [0.717, 1.165) is 52.0 Å². The normalized spacial score (nSPS) is 13.6. The number of rotatable bonds is 12. The molecule has 0 radical (unpaired) electrons. The highest BCUT2D eigenvalue weighted by atomic mass is 16.5. The summed E-state index contributed by atoms with van der Waals surface area (Å²) in [6.45, 7) is 0.933. The Morgan fingerprint density at radius 2 is 1.96 bits per heavy atom. The van der Waals surface area contributed by atoms with Crippen molar-refractivity contribution in [2.24, 2.45) is 7.05 Å². The van der Waals surface area contributed by atoms with Crippen molar-refractivity contribution in [2.45, 2.75) is 44.6 Å². The van der Waals surface area contributed by atoms with Gasteiger partial charge in [0.1, 0.15) is 11.5 Å². The van der Waals surface area contributed by atoms with E-state index >= 15 is 0 Å². The van der Waals surface area contributed by atoms with Crippen molar-refractivity contribution in [2.75, 3.05) is 33.2 Å². The van der Waals surface area contributed by atoms with E-state index in [0.29, 0.717) is 54.9 Å². The van der Waals surface area contributed by atoms with Gasteiger partial charge in [0.25, 0.3) is 5.69 Å². The highest BCUT2D eigenvalue weighted by Gasteiger charge is 2.24. The molecule has 3 heterocycles. The monoisotopic (exact) mass is 607 g/mol. The number of amides is 1. The summed E-state index contributed by atoms with van der Waals surface area (Å²) in [5.41, 5.74) is 12.3. The molecule has 1 fully saturated rings. The summed E-state index contributed by atoms with van der Waals surface area (Å²) in [4.78, 5) is 21.1. The number of fused-ring (bicyclic) bond motifs is 2. The number of carbonyl (C=O) groups is 1. The Bertz CT molecular complexity index is 1850. The molecule has 0 aliphatic heterocycles. The van der Waals surface area contributed by atoms with Crippen molar-refractivity contribution in [3.8, 4) is 34.0 Å². The summed E-state index contributed by atoms with van der Waals surface area (Å²) < 4.78 is 21.1. The number of ether oxygens (including phenoxy) is 3. The van der Waals surface area contributed by atoms with Gasteiger partial charge >= 0.3 is 6.33 Å². The molecule has 0 unspecified atom stereocenters. The van der Waals surface area contributed by atoms with Crippen molar-refractivity contribution in [1.29, 1.82) is 0 Å². The van der Waals surface area contributed by atoms with E-state index in [1.807, 2.05) is 53.9 Å². The summed E-state index contributed by atoms with van der Waals surface area (Å²) in [7, 11) is 5.38. The van der Waals surface area contributed by atoms with Gasteiger partial charge < -0.3 is 29.8 Å². The number of nitrogen functional groups attached to an aromatic ring is 1. The number of aromatic nitrogens is 4. The fraction of sp³-hybridized carbons (Fsp3) is 0.343. The molecular weight excluding hydrogens is 568 g/mol. The third-order valence-corrected chi connectivity index (χ3v) is 8.48. The Kier molecular flexibility index (Phi) is 8.89. The molecule has 3 aromatic heterocycles. The van der Waals surface area contributed by atoms with Crippen molar-refractivity contribution >= 4 is 34.2 Å². The lowest BCUT2D eigenvalue weighted by Crippen LogP contribution is -2.33. The van der Waals surface area contributed by atoms with Crippen LogP contribution >= 0.6 is 0 Å². The van der Waals surface area contributed by atoms with Crippen LogP contribution < -0.4 is 25.5 Å². The molecule has 10 heteroatoms. The molecule has 1 saturated carbocycles. The number of hydrogen-bond donors (Lipinski definition) is 2. The maximum atomic E-state index is 12.1. The molecule has 0 bridgehead atoms. The topological polar surface area (TPSA) is 119 Å². The standard InChI is InChI=1S/C35H38N6O4/c1-40-28-12-8-13-30(43-2)27(28)20-29(40)26-15-14-23(19-31(26)44-3)33-34-35(36)37-21-25(41(34)22-38-33)11-6-7-17-45-18-16-32(42)39-24-9-4-5-10-24/h6,8,11-15,19-21,24H,4-5,7,9-10,16-18H2,1-3H3,(H2-,36,37,39,42)/p+1/b11-6+. The number of hydrogen-bond acceptors (Lipinski definition) is 6. The van der Waals surface area contributed by atoms with Crippen LogP contribution in [-0.4, -0.2) is 53.3 Å². The van der Waals surface area contributed by atoms with Crippen LogP contribution in [0.15, 0.2) is 54.7 Å². The van der Waals surface area contributed by atoms with Crippen molar-refractivity contribution in [1.82, 2.24) is 19.3 Å². The minimum absolute atomic E-state index is 0.0701. The second kappa shape index (κ2) is 13.3. The third kappa shape index (κ3) is 6.17. The number of carbonyl (C=O) groups excluding carboxylic acids is 1. The summed E-state index contributed by atoms with van der Waals surface area (Å²) in [6, 6.07) is 14.5. The van der Waals surface area contributed by atoms with Crippen LogP contribution in [0, 0.1) is 6.33 Å². The van der Waals surface area contributed by atoms with Crippen LogP contribution in [0.1, 0.15) is 44.2 Å². The van der Waals surface area contributed by atoms with Gasteiger partial charge in [-0.2, -0.15) is 0 Å². The lowest BCUT2D eigenvalue weighted by Gasteiger charge is -2.11. The molecule has 45 heavy (non-hydrogen) atoms. The van der Waals surface area contributed by atoms with Gasteiger partial charge in [0, 0.05) is 36.0 Å². The lowest BCUT2D eigenvalue weighted by atomic mass is 10.0. The average Bonchev–Trinajstić information content (AvgIpc) is 3.81. The molecule has 2 aromatic carbocycles. The first-order chi connectivity index (χ1) is 22.0. The van der Waals surface area contributed by atoms with Gasteiger partial charge in [0.2, 0.25) is 11.4 Å². The molecule has 1 aliphatic rings. The van der Waals surface area contributed by atoms with Crippen LogP contribution in [-0.2, 0) is 16.6 Å². The quantitative estimate of drug-likeness (QED) is 0.191. The molecule has 0 atom stereocenters.